The zero-order valence-corrected chi connectivity index (χ0v) is 5.33. The Hall–Kier alpha value is -1.19. The summed E-state index contributed by atoms with van der Waals surface area (Å²) >= 11 is 0. The molecule has 0 aliphatic heterocycles. The SMILES string of the molecule is CC(=O)c1cn(C)nn1. The van der Waals surface area contributed by atoms with Crippen LogP contribution in [0, 0.1) is 0 Å². The van der Waals surface area contributed by atoms with Crippen molar-refractivity contribution in [3.8, 4) is 0 Å². The van der Waals surface area contributed by atoms with Crippen LogP contribution in [0.3, 0.4) is 0 Å². The largest absolute Gasteiger partial charge is 0.293 e. The molecule has 0 saturated heterocycles. The lowest BCUT2D eigenvalue weighted by molar-refractivity contribution is 0.101. The molecule has 1 aromatic rings. The lowest BCUT2D eigenvalue weighted by Gasteiger charge is -1.78. The third kappa shape index (κ3) is 1.13. The first-order chi connectivity index (χ1) is 4.20. The molecule has 1 heterocycles. The topological polar surface area (TPSA) is 47.8 Å². The van der Waals surface area contributed by atoms with Crippen molar-refractivity contribution in [3.63, 3.8) is 0 Å². The normalized spacial score (nSPS) is 9.56. The Morgan fingerprint density at radius 2 is 2.44 bits per heavy atom. The van der Waals surface area contributed by atoms with Crippen molar-refractivity contribution >= 4 is 5.78 Å². The Labute approximate surface area is 52.5 Å². The van der Waals surface area contributed by atoms with Crippen molar-refractivity contribution in [1.29, 1.82) is 0 Å². The average molecular weight is 125 g/mol. The molecule has 0 amide bonds. The molecule has 0 aromatic carbocycles. The van der Waals surface area contributed by atoms with Gasteiger partial charge in [0.1, 0.15) is 5.69 Å². The van der Waals surface area contributed by atoms with Crippen LogP contribution >= 0.6 is 0 Å². The van der Waals surface area contributed by atoms with E-state index >= 15 is 0 Å². The highest BCUT2D eigenvalue weighted by molar-refractivity contribution is 5.91. The summed E-state index contributed by atoms with van der Waals surface area (Å²) in [4.78, 5) is 10.5. The number of carbonyl (C=O) groups is 1. The number of aromatic nitrogens is 3. The Morgan fingerprint density at radius 3 is 2.67 bits per heavy atom. The molecule has 0 bridgehead atoms. The molecule has 1 aromatic heterocycles. The molecular weight excluding hydrogens is 118 g/mol. The molecule has 9 heavy (non-hydrogen) atoms. The van der Waals surface area contributed by atoms with Gasteiger partial charge in [0.2, 0.25) is 0 Å². The lowest BCUT2D eigenvalue weighted by Crippen LogP contribution is -1.90. The monoisotopic (exact) mass is 125 g/mol. The smallest absolute Gasteiger partial charge is 0.181 e. The second kappa shape index (κ2) is 1.97. The Bertz CT molecular complexity index is 228. The van der Waals surface area contributed by atoms with Gasteiger partial charge in [0.15, 0.2) is 5.78 Å². The van der Waals surface area contributed by atoms with Gasteiger partial charge in [-0.25, -0.2) is 0 Å². The molecule has 1 rings (SSSR count). The van der Waals surface area contributed by atoms with Crippen LogP contribution in [0.2, 0.25) is 0 Å². The van der Waals surface area contributed by atoms with Crippen molar-refractivity contribution in [2.24, 2.45) is 7.05 Å². The van der Waals surface area contributed by atoms with Crippen molar-refractivity contribution in [1.82, 2.24) is 15.0 Å². The summed E-state index contributed by atoms with van der Waals surface area (Å²) in [6, 6.07) is 0. The fourth-order valence-electron chi connectivity index (χ4n) is 0.509. The van der Waals surface area contributed by atoms with Crippen LogP contribution in [0.25, 0.3) is 0 Å². The molecule has 0 fully saturated rings. The quantitative estimate of drug-likeness (QED) is 0.497. The molecular formula is C5H7N3O. The van der Waals surface area contributed by atoms with Crippen LogP contribution < -0.4 is 0 Å². The Balaban J connectivity index is 2.98. The zero-order valence-electron chi connectivity index (χ0n) is 5.33. The van der Waals surface area contributed by atoms with Crippen LogP contribution in [-0.2, 0) is 7.05 Å². The summed E-state index contributed by atoms with van der Waals surface area (Å²) in [5.74, 6) is -0.0527. The molecule has 0 N–H and O–H groups in total. The summed E-state index contributed by atoms with van der Waals surface area (Å²) in [5, 5.41) is 7.16. The number of Topliss-reactive ketones (excluding diaryl/α,β-unsaturated/α-hetero) is 1. The minimum atomic E-state index is -0.0527. The highest BCUT2D eigenvalue weighted by Crippen LogP contribution is 1.90. The summed E-state index contributed by atoms with van der Waals surface area (Å²) < 4.78 is 1.50. The second-order valence-electron chi connectivity index (χ2n) is 1.83. The van der Waals surface area contributed by atoms with Gasteiger partial charge >= 0.3 is 0 Å². The minimum absolute atomic E-state index is 0.0527. The predicted octanol–water partition coefficient (Wildman–Crippen LogP) is 0.0177. The first kappa shape index (κ1) is 5.94. The van der Waals surface area contributed by atoms with E-state index < -0.39 is 0 Å². The molecule has 0 aliphatic rings. The van der Waals surface area contributed by atoms with E-state index in [1.807, 2.05) is 0 Å². The van der Waals surface area contributed by atoms with E-state index in [4.69, 9.17) is 0 Å². The van der Waals surface area contributed by atoms with E-state index in [9.17, 15) is 4.79 Å². The molecule has 0 saturated carbocycles. The molecule has 0 unspecified atom stereocenters. The summed E-state index contributed by atoms with van der Waals surface area (Å²) in [5.41, 5.74) is 0.414. The van der Waals surface area contributed by atoms with E-state index in [0.717, 1.165) is 0 Å². The molecule has 48 valence electrons. The highest BCUT2D eigenvalue weighted by Gasteiger charge is 2.01. The first-order valence-electron chi connectivity index (χ1n) is 2.57. The van der Waals surface area contributed by atoms with Crippen LogP contribution in [-0.4, -0.2) is 20.8 Å². The standard InChI is InChI=1S/C5H7N3O/c1-4(9)5-3-8(2)7-6-5/h3H,1-2H3. The number of ketones is 1. The maximum absolute atomic E-state index is 10.5. The van der Waals surface area contributed by atoms with Crippen LogP contribution in [0.15, 0.2) is 6.20 Å². The molecule has 0 atom stereocenters. The zero-order chi connectivity index (χ0) is 6.85. The van der Waals surface area contributed by atoms with E-state index in [-0.39, 0.29) is 5.78 Å². The van der Waals surface area contributed by atoms with Gasteiger partial charge in [-0.15, -0.1) is 5.10 Å². The predicted molar refractivity (Wildman–Crippen MR) is 31.0 cm³/mol. The number of hydrogen-bond acceptors (Lipinski definition) is 3. The van der Waals surface area contributed by atoms with Crippen molar-refractivity contribution in [2.75, 3.05) is 0 Å². The van der Waals surface area contributed by atoms with Gasteiger partial charge in [-0.3, -0.25) is 9.48 Å². The lowest BCUT2D eigenvalue weighted by atomic mass is 10.3. The summed E-state index contributed by atoms with van der Waals surface area (Å²) in [6.07, 6.45) is 1.59. The molecule has 4 heteroatoms. The van der Waals surface area contributed by atoms with E-state index in [1.54, 1.807) is 13.2 Å². The van der Waals surface area contributed by atoms with Crippen LogP contribution in [0.5, 0.6) is 0 Å². The van der Waals surface area contributed by atoms with Crippen molar-refractivity contribution < 1.29 is 4.79 Å². The molecule has 0 radical (unpaired) electrons. The summed E-state index contributed by atoms with van der Waals surface area (Å²) in [7, 11) is 1.72. The maximum Gasteiger partial charge on any atom is 0.181 e. The van der Waals surface area contributed by atoms with Crippen LogP contribution in [0.1, 0.15) is 17.4 Å². The number of carbonyl (C=O) groups excluding carboxylic acids is 1. The summed E-state index contributed by atoms with van der Waals surface area (Å²) in [6.45, 7) is 1.46. The minimum Gasteiger partial charge on any atom is -0.293 e. The third-order valence-corrected chi connectivity index (χ3v) is 0.963. The third-order valence-electron chi connectivity index (χ3n) is 0.963. The highest BCUT2D eigenvalue weighted by atomic mass is 16.1. The Morgan fingerprint density at radius 1 is 1.78 bits per heavy atom. The fourth-order valence-corrected chi connectivity index (χ4v) is 0.509. The maximum atomic E-state index is 10.5. The second-order valence-corrected chi connectivity index (χ2v) is 1.83. The fraction of sp³-hybridized carbons (Fsp3) is 0.400. The Kier molecular flexibility index (Phi) is 1.30. The number of hydrogen-bond donors (Lipinski definition) is 0. The van der Waals surface area contributed by atoms with E-state index in [0.29, 0.717) is 5.69 Å². The van der Waals surface area contributed by atoms with Gasteiger partial charge in [-0.2, -0.15) is 0 Å². The van der Waals surface area contributed by atoms with E-state index in [2.05, 4.69) is 10.3 Å². The van der Waals surface area contributed by atoms with Gasteiger partial charge in [-0.1, -0.05) is 5.21 Å². The van der Waals surface area contributed by atoms with Gasteiger partial charge < -0.3 is 0 Å². The number of aryl methyl sites for hydroxylation is 1. The first-order valence-corrected chi connectivity index (χ1v) is 2.57. The van der Waals surface area contributed by atoms with Gasteiger partial charge in [0, 0.05) is 14.0 Å². The molecule has 4 nitrogen and oxygen atoms in total. The van der Waals surface area contributed by atoms with Crippen molar-refractivity contribution in [2.45, 2.75) is 6.92 Å². The number of nitrogens with zero attached hydrogens (tertiary/aromatic N) is 3. The van der Waals surface area contributed by atoms with E-state index in [1.165, 1.54) is 11.6 Å². The van der Waals surface area contributed by atoms with Gasteiger partial charge in [0.05, 0.1) is 6.20 Å². The average Bonchev–Trinajstić information content (AvgIpc) is 2.14. The molecule has 0 aliphatic carbocycles. The molecule has 0 spiro atoms. The van der Waals surface area contributed by atoms with Crippen molar-refractivity contribution in [3.05, 3.63) is 11.9 Å². The van der Waals surface area contributed by atoms with Crippen LogP contribution in [0.4, 0.5) is 0 Å². The number of rotatable bonds is 1. The van der Waals surface area contributed by atoms with Gasteiger partial charge in [0.25, 0.3) is 0 Å². The van der Waals surface area contributed by atoms with Gasteiger partial charge in [-0.05, 0) is 0 Å².